The molecule has 27 heavy (non-hydrogen) atoms. The Morgan fingerprint density at radius 1 is 1.11 bits per heavy atom. The summed E-state index contributed by atoms with van der Waals surface area (Å²) < 4.78 is 2.69. The molecule has 1 heterocycles. The minimum absolute atomic E-state index is 0.0234. The number of nitrogens with zero attached hydrogens (tertiary/aromatic N) is 1. The van der Waals surface area contributed by atoms with E-state index in [9.17, 15) is 9.59 Å². The van der Waals surface area contributed by atoms with Crippen molar-refractivity contribution in [2.75, 3.05) is 5.32 Å². The zero-order valence-electron chi connectivity index (χ0n) is 15.5. The summed E-state index contributed by atoms with van der Waals surface area (Å²) in [6.45, 7) is 3.75. The topological polar surface area (TPSA) is 63.1 Å². The molecule has 140 valence electrons. The monoisotopic (exact) mass is 427 g/mol. The summed E-state index contributed by atoms with van der Waals surface area (Å²) >= 11 is 3.57. The SMILES string of the molecule is CCC(=O)Nc1ccc(C(C)NC(=O)c2c(Br)c3ccccc3n2C)cc1. The van der Waals surface area contributed by atoms with Gasteiger partial charge >= 0.3 is 0 Å². The van der Waals surface area contributed by atoms with Gasteiger partial charge in [0, 0.05) is 30.1 Å². The van der Waals surface area contributed by atoms with Crippen molar-refractivity contribution in [1.82, 2.24) is 9.88 Å². The molecule has 2 N–H and O–H groups in total. The molecule has 6 heteroatoms. The van der Waals surface area contributed by atoms with E-state index in [4.69, 9.17) is 0 Å². The maximum atomic E-state index is 12.9. The van der Waals surface area contributed by atoms with Gasteiger partial charge in [0.15, 0.2) is 0 Å². The Morgan fingerprint density at radius 3 is 2.41 bits per heavy atom. The third-order valence-electron chi connectivity index (χ3n) is 4.62. The summed E-state index contributed by atoms with van der Waals surface area (Å²) in [7, 11) is 1.89. The van der Waals surface area contributed by atoms with Gasteiger partial charge < -0.3 is 15.2 Å². The molecule has 2 amide bonds. The summed E-state index contributed by atoms with van der Waals surface area (Å²) in [5, 5.41) is 6.88. The normalized spacial score (nSPS) is 12.0. The molecule has 0 saturated carbocycles. The summed E-state index contributed by atoms with van der Waals surface area (Å²) in [4.78, 5) is 24.3. The number of rotatable bonds is 5. The molecule has 1 unspecified atom stereocenters. The van der Waals surface area contributed by atoms with Gasteiger partial charge in [-0.05, 0) is 46.6 Å². The van der Waals surface area contributed by atoms with Crippen molar-refractivity contribution < 1.29 is 9.59 Å². The largest absolute Gasteiger partial charge is 0.344 e. The van der Waals surface area contributed by atoms with Crippen LogP contribution in [-0.2, 0) is 11.8 Å². The minimum atomic E-state index is -0.168. The van der Waals surface area contributed by atoms with Gasteiger partial charge in [0.1, 0.15) is 5.69 Å². The van der Waals surface area contributed by atoms with E-state index in [-0.39, 0.29) is 17.9 Å². The van der Waals surface area contributed by atoms with E-state index in [0.29, 0.717) is 12.1 Å². The number of benzene rings is 2. The van der Waals surface area contributed by atoms with Crippen LogP contribution in [0.3, 0.4) is 0 Å². The van der Waals surface area contributed by atoms with Gasteiger partial charge in [-0.25, -0.2) is 0 Å². The van der Waals surface area contributed by atoms with Crippen molar-refractivity contribution in [1.29, 1.82) is 0 Å². The predicted molar refractivity (Wildman–Crippen MR) is 112 cm³/mol. The average molecular weight is 428 g/mol. The standard InChI is InChI=1S/C21H22BrN3O2/c1-4-18(26)24-15-11-9-14(10-12-15)13(2)23-21(27)20-19(22)16-7-5-6-8-17(16)25(20)3/h5-13H,4H2,1-3H3,(H,23,27)(H,24,26). The highest BCUT2D eigenvalue weighted by atomic mass is 79.9. The van der Waals surface area contributed by atoms with E-state index in [0.717, 1.165) is 26.6 Å². The number of fused-ring (bicyclic) bond motifs is 1. The number of para-hydroxylation sites is 1. The van der Waals surface area contributed by atoms with Crippen molar-refractivity contribution in [3.8, 4) is 0 Å². The highest BCUT2D eigenvalue weighted by Gasteiger charge is 2.21. The fourth-order valence-corrected chi connectivity index (χ4v) is 3.83. The first kappa shape index (κ1) is 19.2. The Labute approximate surface area is 166 Å². The van der Waals surface area contributed by atoms with Gasteiger partial charge in [-0.1, -0.05) is 37.3 Å². The van der Waals surface area contributed by atoms with Crippen molar-refractivity contribution in [3.63, 3.8) is 0 Å². The quantitative estimate of drug-likeness (QED) is 0.615. The lowest BCUT2D eigenvalue weighted by molar-refractivity contribution is -0.115. The number of anilines is 1. The Balaban J connectivity index is 1.77. The van der Waals surface area contributed by atoms with E-state index in [1.807, 2.05) is 74.0 Å². The van der Waals surface area contributed by atoms with E-state index in [1.165, 1.54) is 0 Å². The molecule has 0 spiro atoms. The zero-order valence-corrected chi connectivity index (χ0v) is 17.1. The molecule has 0 fully saturated rings. The number of nitrogens with one attached hydrogen (secondary N) is 2. The Hall–Kier alpha value is -2.60. The number of carbonyl (C=O) groups is 2. The Bertz CT molecular complexity index is 954. The number of carbonyl (C=O) groups excluding carboxylic acids is 2. The molecule has 0 aliphatic carbocycles. The minimum Gasteiger partial charge on any atom is -0.344 e. The van der Waals surface area contributed by atoms with Crippen LogP contribution >= 0.6 is 15.9 Å². The molecule has 3 aromatic rings. The van der Waals surface area contributed by atoms with Crippen molar-refractivity contribution in [3.05, 3.63) is 64.3 Å². The Kier molecular flexibility index (Phi) is 5.65. The van der Waals surface area contributed by atoms with Crippen LogP contribution in [0.15, 0.2) is 53.0 Å². The molecule has 1 atom stereocenters. The second-order valence-electron chi connectivity index (χ2n) is 6.46. The van der Waals surface area contributed by atoms with Gasteiger partial charge in [0.25, 0.3) is 5.91 Å². The molecular weight excluding hydrogens is 406 g/mol. The lowest BCUT2D eigenvalue weighted by Crippen LogP contribution is -2.28. The summed E-state index contributed by atoms with van der Waals surface area (Å²) in [6.07, 6.45) is 0.439. The second-order valence-corrected chi connectivity index (χ2v) is 7.25. The Morgan fingerprint density at radius 2 is 1.78 bits per heavy atom. The highest BCUT2D eigenvalue weighted by Crippen LogP contribution is 2.30. The summed E-state index contributed by atoms with van der Waals surface area (Å²) in [6, 6.07) is 15.2. The van der Waals surface area contributed by atoms with Crippen LogP contribution in [-0.4, -0.2) is 16.4 Å². The average Bonchev–Trinajstić information content (AvgIpc) is 2.93. The highest BCUT2D eigenvalue weighted by molar-refractivity contribution is 9.10. The maximum absolute atomic E-state index is 12.9. The van der Waals surface area contributed by atoms with Crippen molar-refractivity contribution in [2.24, 2.45) is 7.05 Å². The van der Waals surface area contributed by atoms with E-state index < -0.39 is 0 Å². The summed E-state index contributed by atoms with van der Waals surface area (Å²) in [5.41, 5.74) is 3.31. The zero-order chi connectivity index (χ0) is 19.6. The first-order valence-corrected chi connectivity index (χ1v) is 9.65. The number of hydrogen-bond donors (Lipinski definition) is 2. The molecule has 0 aliphatic rings. The number of aryl methyl sites for hydroxylation is 1. The van der Waals surface area contributed by atoms with Gasteiger partial charge in [0.05, 0.1) is 10.5 Å². The fourth-order valence-electron chi connectivity index (χ4n) is 3.05. The van der Waals surface area contributed by atoms with Gasteiger partial charge in [0.2, 0.25) is 5.91 Å². The van der Waals surface area contributed by atoms with Crippen molar-refractivity contribution in [2.45, 2.75) is 26.3 Å². The van der Waals surface area contributed by atoms with Crippen LogP contribution in [0.25, 0.3) is 10.9 Å². The lowest BCUT2D eigenvalue weighted by Gasteiger charge is -2.16. The molecule has 0 radical (unpaired) electrons. The molecule has 0 aliphatic heterocycles. The smallest absolute Gasteiger partial charge is 0.269 e. The molecular formula is C21H22BrN3O2. The molecule has 0 saturated heterocycles. The first-order chi connectivity index (χ1) is 12.9. The number of hydrogen-bond acceptors (Lipinski definition) is 2. The number of halogens is 1. The van der Waals surface area contributed by atoms with Gasteiger partial charge in [-0.3, -0.25) is 9.59 Å². The number of amides is 2. The van der Waals surface area contributed by atoms with E-state index in [2.05, 4.69) is 26.6 Å². The van der Waals surface area contributed by atoms with E-state index in [1.54, 1.807) is 0 Å². The molecule has 3 rings (SSSR count). The molecule has 0 bridgehead atoms. The predicted octanol–water partition coefficient (Wildman–Crippen LogP) is 4.78. The molecule has 2 aromatic carbocycles. The van der Waals surface area contributed by atoms with Crippen molar-refractivity contribution >= 4 is 44.3 Å². The van der Waals surface area contributed by atoms with Crippen LogP contribution in [0.5, 0.6) is 0 Å². The molecule has 5 nitrogen and oxygen atoms in total. The first-order valence-electron chi connectivity index (χ1n) is 8.86. The molecule has 1 aromatic heterocycles. The third kappa shape index (κ3) is 3.90. The second kappa shape index (κ2) is 7.96. The van der Waals surface area contributed by atoms with Crippen LogP contribution in [0, 0.1) is 0 Å². The maximum Gasteiger partial charge on any atom is 0.269 e. The fraction of sp³-hybridized carbons (Fsp3) is 0.238. The lowest BCUT2D eigenvalue weighted by atomic mass is 10.1. The third-order valence-corrected chi connectivity index (χ3v) is 5.43. The van der Waals surface area contributed by atoms with Gasteiger partial charge in [-0.2, -0.15) is 0 Å². The van der Waals surface area contributed by atoms with Crippen LogP contribution < -0.4 is 10.6 Å². The van der Waals surface area contributed by atoms with Crippen LogP contribution in [0.1, 0.15) is 42.4 Å². The van der Waals surface area contributed by atoms with E-state index >= 15 is 0 Å². The van der Waals surface area contributed by atoms with Gasteiger partial charge in [-0.15, -0.1) is 0 Å². The van der Waals surface area contributed by atoms with Crippen LogP contribution in [0.2, 0.25) is 0 Å². The summed E-state index contributed by atoms with van der Waals surface area (Å²) in [5.74, 6) is -0.166. The number of aromatic nitrogens is 1. The van der Waals surface area contributed by atoms with Crippen LogP contribution in [0.4, 0.5) is 5.69 Å².